The number of cyclic esters (lactones) is 2. The smallest absolute Gasteiger partial charge is 0.329 e. The normalized spacial score (nSPS) is 23.0. The van der Waals surface area contributed by atoms with Crippen molar-refractivity contribution in [3.8, 4) is 0 Å². The van der Waals surface area contributed by atoms with Crippen LogP contribution >= 0.6 is 0 Å². The van der Waals surface area contributed by atoms with Gasteiger partial charge in [0.05, 0.1) is 37.2 Å². The highest BCUT2D eigenvalue weighted by molar-refractivity contribution is 6.02. The minimum Gasteiger partial charge on any atom is -0.461 e. The molecule has 26 nitrogen and oxygen atoms in total. The Morgan fingerprint density at radius 2 is 0.898 bits per heavy atom. The summed E-state index contributed by atoms with van der Waals surface area (Å²) in [5.74, 6) is -10.6. The van der Waals surface area contributed by atoms with E-state index in [1.807, 2.05) is 24.3 Å². The summed E-state index contributed by atoms with van der Waals surface area (Å²) in [7, 11) is 5.31. The molecule has 472 valence electrons. The molecule has 0 spiro atoms. The molecule has 0 bridgehead atoms. The Balaban J connectivity index is 1.17. The van der Waals surface area contributed by atoms with Crippen molar-refractivity contribution in [2.45, 2.75) is 116 Å². The number of piperidine rings is 2. The minimum atomic E-state index is -1.61. The summed E-state index contributed by atoms with van der Waals surface area (Å²) in [4.78, 5) is 186. The number of aryl methyl sites for hydroxylation is 2. The van der Waals surface area contributed by atoms with Crippen LogP contribution in [-0.2, 0) is 57.4 Å². The van der Waals surface area contributed by atoms with Crippen LogP contribution in [0.4, 0.5) is 0 Å². The molecule has 0 unspecified atom stereocenters. The van der Waals surface area contributed by atoms with Crippen LogP contribution in [0.15, 0.2) is 60.7 Å². The van der Waals surface area contributed by atoms with Crippen molar-refractivity contribution in [2.75, 3.05) is 80.7 Å². The third kappa shape index (κ3) is 15.9. The van der Waals surface area contributed by atoms with Crippen LogP contribution in [0.5, 0.6) is 0 Å². The van der Waals surface area contributed by atoms with Crippen molar-refractivity contribution in [1.82, 2.24) is 60.6 Å². The van der Waals surface area contributed by atoms with Crippen molar-refractivity contribution in [1.29, 1.82) is 0 Å². The maximum absolute atomic E-state index is 14.8. The number of nitrogens with one attached hydrogen (secondary N) is 4. The van der Waals surface area contributed by atoms with E-state index in [9.17, 15) is 57.5 Å². The Bertz CT molecular complexity index is 3140. The van der Waals surface area contributed by atoms with Gasteiger partial charge in [-0.25, -0.2) is 19.6 Å². The average Bonchev–Trinajstić information content (AvgIpc) is 2.09. The molecule has 4 N–H and O–H groups in total. The number of carbonyl (C=O) groups is 12. The number of rotatable bonds is 6. The lowest BCUT2D eigenvalue weighted by atomic mass is 10.00. The van der Waals surface area contributed by atoms with Gasteiger partial charge in [-0.1, -0.05) is 64.1 Å². The zero-order valence-corrected chi connectivity index (χ0v) is 51.6. The lowest BCUT2D eigenvalue weighted by molar-refractivity contribution is -0.159. The van der Waals surface area contributed by atoms with E-state index in [2.05, 4.69) is 31.2 Å². The molecule has 2 aromatic carbocycles. The maximum atomic E-state index is 14.8. The van der Waals surface area contributed by atoms with Gasteiger partial charge in [0.1, 0.15) is 60.9 Å². The third-order valence-electron chi connectivity index (χ3n) is 16.2. The van der Waals surface area contributed by atoms with Gasteiger partial charge < -0.3 is 60.1 Å². The number of aromatic nitrogens is 2. The van der Waals surface area contributed by atoms with Gasteiger partial charge in [-0.15, -0.1) is 0 Å². The number of nitrogens with zero attached hydrogens (tertiary/aromatic N) is 8. The van der Waals surface area contributed by atoms with Gasteiger partial charge in [-0.05, 0) is 99.6 Å². The highest BCUT2D eigenvalue weighted by Gasteiger charge is 2.42. The molecular formula is C62H80N12O14. The summed E-state index contributed by atoms with van der Waals surface area (Å²) < 4.78 is 11.6. The van der Waals surface area contributed by atoms with Gasteiger partial charge in [0, 0.05) is 52.1 Å². The van der Waals surface area contributed by atoms with Gasteiger partial charge in [-0.3, -0.25) is 47.9 Å². The summed E-state index contributed by atoms with van der Waals surface area (Å²) in [5, 5.41) is 12.0. The highest BCUT2D eigenvalue weighted by Crippen LogP contribution is 2.24. The van der Waals surface area contributed by atoms with E-state index in [0.717, 1.165) is 30.4 Å². The lowest BCUT2D eigenvalue weighted by Crippen LogP contribution is -2.59. The second kappa shape index (κ2) is 29.5. The number of likely N-dealkylation sites (N-methyl/N-ethyl adjacent to an activating group) is 4. The number of fused-ring (bicyclic) bond motifs is 4. The summed E-state index contributed by atoms with van der Waals surface area (Å²) in [6.45, 7) is 6.12. The molecule has 3 aliphatic rings. The molecule has 0 saturated carbocycles. The van der Waals surface area contributed by atoms with E-state index < -0.39 is 158 Å². The predicted molar refractivity (Wildman–Crippen MR) is 320 cm³/mol. The first kappa shape index (κ1) is 66.4. The van der Waals surface area contributed by atoms with E-state index in [-0.39, 0.29) is 37.3 Å². The number of pyridine rings is 2. The van der Waals surface area contributed by atoms with E-state index in [1.165, 1.54) is 38.0 Å². The van der Waals surface area contributed by atoms with Crippen molar-refractivity contribution in [3.63, 3.8) is 0 Å². The van der Waals surface area contributed by atoms with E-state index in [4.69, 9.17) is 9.47 Å². The zero-order chi connectivity index (χ0) is 64.3. The van der Waals surface area contributed by atoms with Gasteiger partial charge in [-0.2, -0.15) is 0 Å². The van der Waals surface area contributed by atoms with E-state index >= 15 is 0 Å². The fourth-order valence-electron chi connectivity index (χ4n) is 11.2. The fraction of sp³-hybridized carbons (Fsp3) is 0.516. The first-order chi connectivity index (χ1) is 41.8. The molecule has 26 heteroatoms. The molecule has 3 saturated heterocycles. The molecule has 6 atom stereocenters. The third-order valence-corrected chi connectivity index (χ3v) is 16.2. The minimum absolute atomic E-state index is 0.0199. The Morgan fingerprint density at radius 3 is 1.26 bits per heavy atom. The van der Waals surface area contributed by atoms with Crippen LogP contribution in [0, 0.1) is 25.7 Å². The van der Waals surface area contributed by atoms with Gasteiger partial charge >= 0.3 is 11.9 Å². The second-order valence-electron chi connectivity index (χ2n) is 23.4. The number of hydrogen-bond donors (Lipinski definition) is 4. The van der Waals surface area contributed by atoms with Crippen molar-refractivity contribution in [2.24, 2.45) is 11.8 Å². The van der Waals surface area contributed by atoms with Crippen LogP contribution in [-0.4, -0.2) is 227 Å². The number of esters is 2. The second-order valence-corrected chi connectivity index (χ2v) is 23.4. The number of amides is 10. The molecule has 4 aromatic rings. The zero-order valence-electron chi connectivity index (χ0n) is 51.6. The molecule has 0 aliphatic carbocycles. The predicted octanol–water partition coefficient (Wildman–Crippen LogP) is 1.27. The maximum Gasteiger partial charge on any atom is 0.329 e. The van der Waals surface area contributed by atoms with Crippen LogP contribution < -0.4 is 21.3 Å². The summed E-state index contributed by atoms with van der Waals surface area (Å²) in [5.41, 5.74) is 1.90. The number of hydrogen-bond acceptors (Lipinski definition) is 16. The molecule has 5 heterocycles. The Hall–Kier alpha value is -9.10. The van der Waals surface area contributed by atoms with Crippen molar-refractivity contribution in [3.05, 3.63) is 83.2 Å². The number of carbonyl (C=O) groups excluding carboxylic acids is 12. The van der Waals surface area contributed by atoms with Crippen molar-refractivity contribution < 1.29 is 67.0 Å². The number of para-hydroxylation sites is 2. The quantitative estimate of drug-likeness (QED) is 0.198. The largest absolute Gasteiger partial charge is 0.461 e. The standard InChI is InChI=1S/C62H80N12O14/c1-35(2)53-61(85)87-33-43(67-57(81)51-37(5)27-39-19-11-13-21-41(39)65-51)59(83)73-25-17-15-23-45(73)55(79)64-30-48(76)70(8)32-50(78)72(10)54(36(3)4)62(86)88-34-44(68-58(82)52-38(6)28-40-20-12-14-22-42(40)66-52)60(84)74-26-18-16-24-46(74)56(80)63-29-47(75)69(7)31-49(77)71(53)9/h11-14,19-22,27-28,35-36,43-46,53-54H,15-18,23-26,29-34H2,1-10H3,(H,63,80)(H,64,79)(H,67,81)(H,68,82)/t43-,44-,45+,46+,53+,54+/m1/s1. The molecule has 7 rings (SSSR count). The van der Waals surface area contributed by atoms with Crippen molar-refractivity contribution >= 4 is 92.8 Å². The fourth-order valence-corrected chi connectivity index (χ4v) is 11.2. The molecule has 0 radical (unpaired) electrons. The van der Waals surface area contributed by atoms with Gasteiger partial charge in [0.25, 0.3) is 11.8 Å². The molecule has 3 fully saturated rings. The molecular weight excluding hydrogens is 1140 g/mol. The lowest BCUT2D eigenvalue weighted by Gasteiger charge is -2.37. The Labute approximate surface area is 510 Å². The van der Waals surface area contributed by atoms with E-state index in [1.54, 1.807) is 77.9 Å². The van der Waals surface area contributed by atoms with Crippen LogP contribution in [0.1, 0.15) is 98.3 Å². The average molecular weight is 1220 g/mol. The summed E-state index contributed by atoms with van der Waals surface area (Å²) >= 11 is 0. The Kier molecular flexibility index (Phi) is 22.3. The van der Waals surface area contributed by atoms with E-state index in [0.29, 0.717) is 47.8 Å². The molecule has 88 heavy (non-hydrogen) atoms. The number of benzene rings is 2. The van der Waals surface area contributed by atoms with Crippen LogP contribution in [0.3, 0.4) is 0 Å². The number of ether oxygens (including phenoxy) is 2. The summed E-state index contributed by atoms with van der Waals surface area (Å²) in [6.07, 6.45) is 2.20. The van der Waals surface area contributed by atoms with Crippen LogP contribution in [0.2, 0.25) is 0 Å². The molecule has 3 aliphatic heterocycles. The monoisotopic (exact) mass is 1220 g/mol. The first-order valence-corrected chi connectivity index (χ1v) is 29.6. The molecule has 10 amide bonds. The molecule has 2 aromatic heterocycles. The Morgan fingerprint density at radius 1 is 0.534 bits per heavy atom. The first-order valence-electron chi connectivity index (χ1n) is 29.6. The van der Waals surface area contributed by atoms with Gasteiger partial charge in [0.15, 0.2) is 0 Å². The topological polar surface area (TPSA) is 317 Å². The summed E-state index contributed by atoms with van der Waals surface area (Å²) in [6, 6.07) is 9.59. The highest BCUT2D eigenvalue weighted by atomic mass is 16.5. The van der Waals surface area contributed by atoms with Crippen LogP contribution in [0.25, 0.3) is 21.8 Å². The van der Waals surface area contributed by atoms with Gasteiger partial charge in [0.2, 0.25) is 47.3 Å². The SMILES string of the molecule is Cc1cc2ccccc2nc1C(=O)N[C@@H]1COC(=O)[C@H](C(C)C)N(C)C(=O)CN(C)C(=O)CNC(=O)[C@@H]2CCCCN2C(=O)[C@H](NC(=O)c2nc3ccccc3cc2C)COC(=O)[C@H](C(C)C)N(C)C(=O)CN(C)C(=O)CNC(=O)[C@@H]2CCCCN2C1=O.